The van der Waals surface area contributed by atoms with Gasteiger partial charge in [-0.3, -0.25) is 24.3 Å². The van der Waals surface area contributed by atoms with Crippen molar-refractivity contribution in [3.8, 4) is 0 Å². The number of carbonyl (C=O) groups excluding carboxylic acids is 2. The van der Waals surface area contributed by atoms with Crippen LogP contribution in [0.4, 0.5) is 0 Å². The molecule has 2 amide bonds. The Hall–Kier alpha value is -1.69. The number of carbonyl (C=O) groups is 2. The minimum Gasteiger partial charge on any atom is -0.297 e. The highest BCUT2D eigenvalue weighted by Crippen LogP contribution is 2.35. The van der Waals surface area contributed by atoms with Crippen LogP contribution in [0.25, 0.3) is 0 Å². The van der Waals surface area contributed by atoms with E-state index in [9.17, 15) is 9.59 Å². The highest BCUT2D eigenvalue weighted by atomic mass is 35.5. The normalized spacial score (nSPS) is 27.2. The van der Waals surface area contributed by atoms with Crippen LogP contribution in [0.2, 0.25) is 5.02 Å². The van der Waals surface area contributed by atoms with Crippen molar-refractivity contribution in [2.24, 2.45) is 11.8 Å². The summed E-state index contributed by atoms with van der Waals surface area (Å²) in [6.07, 6.45) is 5.48. The zero-order valence-electron chi connectivity index (χ0n) is 14.8. The number of benzene rings is 1. The molecule has 1 aromatic carbocycles. The van der Waals surface area contributed by atoms with Gasteiger partial charge in [0.25, 0.3) is 0 Å². The van der Waals surface area contributed by atoms with Crippen molar-refractivity contribution in [1.82, 2.24) is 14.7 Å². The Labute approximate surface area is 159 Å². The van der Waals surface area contributed by atoms with Crippen LogP contribution in [0.1, 0.15) is 18.4 Å². The molecule has 0 N–H and O–H groups in total. The first-order valence-corrected chi connectivity index (χ1v) is 9.69. The number of hydrogen-bond donors (Lipinski definition) is 0. The average molecular weight is 374 g/mol. The van der Waals surface area contributed by atoms with Crippen LogP contribution in [0.3, 0.4) is 0 Å². The van der Waals surface area contributed by atoms with E-state index in [1.54, 1.807) is 0 Å². The molecule has 2 heterocycles. The number of rotatable bonds is 4. The van der Waals surface area contributed by atoms with Crippen molar-refractivity contribution in [2.75, 3.05) is 32.8 Å². The molecule has 2 atom stereocenters. The molecule has 2 fully saturated rings. The zero-order valence-corrected chi connectivity index (χ0v) is 15.6. The van der Waals surface area contributed by atoms with Gasteiger partial charge in [0.15, 0.2) is 0 Å². The van der Waals surface area contributed by atoms with Crippen molar-refractivity contribution in [3.63, 3.8) is 0 Å². The third-order valence-corrected chi connectivity index (χ3v) is 5.94. The molecule has 6 heteroatoms. The lowest BCUT2D eigenvalue weighted by Crippen LogP contribution is -2.51. The summed E-state index contributed by atoms with van der Waals surface area (Å²) in [5.41, 5.74) is 1.22. The summed E-state index contributed by atoms with van der Waals surface area (Å²) in [5, 5.41) is 0.767. The Morgan fingerprint density at radius 3 is 2.15 bits per heavy atom. The minimum absolute atomic E-state index is 0.0192. The van der Waals surface area contributed by atoms with E-state index in [-0.39, 0.29) is 23.7 Å². The van der Waals surface area contributed by atoms with Crippen molar-refractivity contribution in [2.45, 2.75) is 19.4 Å². The predicted octanol–water partition coefficient (Wildman–Crippen LogP) is 2.37. The number of halogens is 1. The third kappa shape index (κ3) is 3.56. The highest BCUT2D eigenvalue weighted by molar-refractivity contribution is 6.30. The number of piperazine rings is 1. The van der Waals surface area contributed by atoms with Crippen molar-refractivity contribution >= 4 is 23.4 Å². The molecule has 2 saturated heterocycles. The van der Waals surface area contributed by atoms with E-state index in [1.807, 2.05) is 30.4 Å². The fraction of sp³-hybridized carbons (Fsp3) is 0.500. The summed E-state index contributed by atoms with van der Waals surface area (Å²) in [5.74, 6) is -0.218. The monoisotopic (exact) mass is 373 g/mol. The Kier molecular flexibility index (Phi) is 5.11. The fourth-order valence-corrected chi connectivity index (χ4v) is 4.40. The smallest absolute Gasteiger partial charge is 0.234 e. The molecule has 0 saturated carbocycles. The zero-order chi connectivity index (χ0) is 18.1. The topological polar surface area (TPSA) is 43.9 Å². The maximum absolute atomic E-state index is 12.6. The lowest BCUT2D eigenvalue weighted by atomic mass is 9.85. The highest BCUT2D eigenvalue weighted by Gasteiger charge is 2.47. The Morgan fingerprint density at radius 1 is 0.923 bits per heavy atom. The summed E-state index contributed by atoms with van der Waals surface area (Å²) in [7, 11) is 0. The first-order chi connectivity index (χ1) is 12.6. The molecule has 138 valence electrons. The first kappa shape index (κ1) is 17.7. The van der Waals surface area contributed by atoms with Gasteiger partial charge in [0.1, 0.15) is 0 Å². The molecule has 26 heavy (non-hydrogen) atoms. The second-order valence-corrected chi connectivity index (χ2v) is 7.86. The molecule has 2 aliphatic heterocycles. The van der Waals surface area contributed by atoms with Gasteiger partial charge in [-0.25, -0.2) is 0 Å². The maximum Gasteiger partial charge on any atom is 0.234 e. The first-order valence-electron chi connectivity index (χ1n) is 9.31. The van der Waals surface area contributed by atoms with Gasteiger partial charge in [-0.1, -0.05) is 35.9 Å². The van der Waals surface area contributed by atoms with Crippen LogP contribution in [0, 0.1) is 11.8 Å². The molecule has 1 aliphatic carbocycles. The Bertz CT molecular complexity index is 702. The van der Waals surface area contributed by atoms with Crippen LogP contribution in [-0.4, -0.2) is 59.4 Å². The van der Waals surface area contributed by atoms with Crippen molar-refractivity contribution in [3.05, 3.63) is 47.0 Å². The molecular weight excluding hydrogens is 350 g/mol. The summed E-state index contributed by atoms with van der Waals surface area (Å²) in [6.45, 7) is 4.91. The summed E-state index contributed by atoms with van der Waals surface area (Å²) in [4.78, 5) is 31.3. The van der Waals surface area contributed by atoms with Crippen molar-refractivity contribution in [1.29, 1.82) is 0 Å². The second-order valence-electron chi connectivity index (χ2n) is 7.43. The molecule has 4 rings (SSSR count). The second kappa shape index (κ2) is 7.51. The predicted molar refractivity (Wildman–Crippen MR) is 100 cm³/mol. The number of fused-ring (bicyclic) bond motifs is 1. The summed E-state index contributed by atoms with van der Waals surface area (Å²) in [6, 6.07) is 7.97. The van der Waals surface area contributed by atoms with Gasteiger partial charge in [0.05, 0.1) is 18.5 Å². The molecule has 0 spiro atoms. The van der Waals surface area contributed by atoms with Gasteiger partial charge in [-0.2, -0.15) is 0 Å². The van der Waals surface area contributed by atoms with Gasteiger partial charge >= 0.3 is 0 Å². The molecule has 0 aromatic heterocycles. The SMILES string of the molecule is O=C1[C@@H]2CC=CC[C@H]2C(=O)N1CN1CCN(Cc2cccc(Cl)c2)CC1. The van der Waals surface area contributed by atoms with E-state index in [0.29, 0.717) is 19.5 Å². The van der Waals surface area contributed by atoms with Crippen molar-refractivity contribution < 1.29 is 9.59 Å². The lowest BCUT2D eigenvalue weighted by Gasteiger charge is -2.36. The largest absolute Gasteiger partial charge is 0.297 e. The quantitative estimate of drug-likeness (QED) is 0.600. The standard InChI is InChI=1S/C20H24ClN3O2/c21-16-5-3-4-15(12-16)13-22-8-10-23(11-9-22)14-24-19(25)17-6-1-2-7-18(17)20(24)26/h1-5,12,17-18H,6-11,13-14H2/t17-,18-/m1/s1. The van der Waals surface area contributed by atoms with Gasteiger partial charge in [0.2, 0.25) is 11.8 Å². The van der Waals surface area contributed by atoms with Gasteiger partial charge in [-0.05, 0) is 30.5 Å². The summed E-state index contributed by atoms with van der Waals surface area (Å²) < 4.78 is 0. The molecule has 1 aromatic rings. The van der Waals surface area contributed by atoms with E-state index in [4.69, 9.17) is 11.6 Å². The van der Waals surface area contributed by atoms with Gasteiger partial charge in [0, 0.05) is 37.7 Å². The molecule has 3 aliphatic rings. The molecule has 0 bridgehead atoms. The van der Waals surface area contributed by atoms with Crippen LogP contribution >= 0.6 is 11.6 Å². The molecule has 0 radical (unpaired) electrons. The molecular formula is C20H24ClN3O2. The third-order valence-electron chi connectivity index (χ3n) is 5.70. The average Bonchev–Trinajstić information content (AvgIpc) is 2.89. The van der Waals surface area contributed by atoms with Crippen LogP contribution < -0.4 is 0 Å². The Balaban J connectivity index is 1.30. The van der Waals surface area contributed by atoms with E-state index in [0.717, 1.165) is 37.7 Å². The van der Waals surface area contributed by atoms with E-state index in [1.165, 1.54) is 10.5 Å². The number of amides is 2. The molecule has 0 unspecified atom stereocenters. The number of imide groups is 1. The fourth-order valence-electron chi connectivity index (χ4n) is 4.19. The number of allylic oxidation sites excluding steroid dienone is 2. The van der Waals surface area contributed by atoms with E-state index in [2.05, 4.69) is 15.9 Å². The van der Waals surface area contributed by atoms with Crippen LogP contribution in [0.15, 0.2) is 36.4 Å². The maximum atomic E-state index is 12.6. The minimum atomic E-state index is -0.128. The van der Waals surface area contributed by atoms with E-state index >= 15 is 0 Å². The Morgan fingerprint density at radius 2 is 1.54 bits per heavy atom. The van der Waals surface area contributed by atoms with Crippen LogP contribution in [0.5, 0.6) is 0 Å². The number of nitrogens with zero attached hydrogens (tertiary/aromatic N) is 3. The van der Waals surface area contributed by atoms with Gasteiger partial charge in [-0.15, -0.1) is 0 Å². The summed E-state index contributed by atoms with van der Waals surface area (Å²) >= 11 is 6.06. The number of hydrogen-bond acceptors (Lipinski definition) is 4. The van der Waals surface area contributed by atoms with Gasteiger partial charge < -0.3 is 0 Å². The molecule has 5 nitrogen and oxygen atoms in total. The number of likely N-dealkylation sites (tertiary alicyclic amines) is 1. The van der Waals surface area contributed by atoms with E-state index < -0.39 is 0 Å². The van der Waals surface area contributed by atoms with Crippen LogP contribution in [-0.2, 0) is 16.1 Å². The lowest BCUT2D eigenvalue weighted by molar-refractivity contribution is -0.142.